The number of anilines is 1. The van der Waals surface area contributed by atoms with Crippen molar-refractivity contribution in [2.24, 2.45) is 0 Å². The highest BCUT2D eigenvalue weighted by atomic mass is 32.2. The van der Waals surface area contributed by atoms with Gasteiger partial charge in [-0.1, -0.05) is 25.1 Å². The first-order chi connectivity index (χ1) is 13.5. The zero-order valence-corrected chi connectivity index (χ0v) is 16.6. The molecule has 0 unspecified atom stereocenters. The number of benzene rings is 2. The Morgan fingerprint density at radius 1 is 1.07 bits per heavy atom. The van der Waals surface area contributed by atoms with E-state index in [4.69, 9.17) is 0 Å². The summed E-state index contributed by atoms with van der Waals surface area (Å²) in [4.78, 5) is 3.11. The third-order valence-electron chi connectivity index (χ3n) is 4.85. The second kappa shape index (κ2) is 7.16. The molecule has 144 valence electrons. The van der Waals surface area contributed by atoms with Crippen LogP contribution in [0.1, 0.15) is 19.4 Å². The van der Waals surface area contributed by atoms with Crippen molar-refractivity contribution in [2.75, 3.05) is 10.5 Å². The first-order valence-corrected chi connectivity index (χ1v) is 10.9. The summed E-state index contributed by atoms with van der Waals surface area (Å²) in [6.07, 6.45) is 6.48. The second-order valence-electron chi connectivity index (χ2n) is 6.66. The normalized spacial score (nSPS) is 11.8. The van der Waals surface area contributed by atoms with Crippen LogP contribution in [0, 0.1) is 0 Å². The van der Waals surface area contributed by atoms with Gasteiger partial charge in [-0.2, -0.15) is 5.10 Å². The Kier molecular flexibility index (Phi) is 4.68. The lowest BCUT2D eigenvalue weighted by molar-refractivity contribution is 0.602. The Hall–Kier alpha value is -3.06. The van der Waals surface area contributed by atoms with E-state index < -0.39 is 10.0 Å². The Balaban J connectivity index is 1.68. The van der Waals surface area contributed by atoms with Gasteiger partial charge in [0.1, 0.15) is 0 Å². The summed E-state index contributed by atoms with van der Waals surface area (Å²) >= 11 is 0. The molecule has 6 nitrogen and oxygen atoms in total. The standard InChI is InChI=1S/C21H22N4O2S/c1-3-15-5-8-18(9-6-15)25-14-17(12-23-25)16-7-10-20-19(11-16)21(13-22-20)24-28(26,27)4-2/h5-14,22,24H,3-4H2,1-2H3. The van der Waals surface area contributed by atoms with Gasteiger partial charge in [0.2, 0.25) is 10.0 Å². The van der Waals surface area contributed by atoms with Crippen LogP contribution in [0.2, 0.25) is 0 Å². The Morgan fingerprint density at radius 2 is 1.86 bits per heavy atom. The van der Waals surface area contributed by atoms with Crippen molar-refractivity contribution in [1.82, 2.24) is 14.8 Å². The van der Waals surface area contributed by atoms with Crippen molar-refractivity contribution in [3.8, 4) is 16.8 Å². The van der Waals surface area contributed by atoms with E-state index in [1.165, 1.54) is 5.56 Å². The summed E-state index contributed by atoms with van der Waals surface area (Å²) in [5, 5.41) is 5.31. The molecule has 0 aliphatic carbocycles. The largest absolute Gasteiger partial charge is 0.359 e. The number of H-pyrrole nitrogens is 1. The molecule has 0 aliphatic heterocycles. The van der Waals surface area contributed by atoms with Crippen molar-refractivity contribution in [1.29, 1.82) is 0 Å². The number of hydrogen-bond acceptors (Lipinski definition) is 3. The molecule has 2 heterocycles. The van der Waals surface area contributed by atoms with Crippen LogP contribution in [0.3, 0.4) is 0 Å². The Bertz CT molecular complexity index is 1220. The van der Waals surface area contributed by atoms with Gasteiger partial charge in [0.15, 0.2) is 0 Å². The van der Waals surface area contributed by atoms with Crippen LogP contribution in [0.25, 0.3) is 27.7 Å². The molecule has 28 heavy (non-hydrogen) atoms. The number of nitrogens with one attached hydrogen (secondary N) is 2. The molecule has 0 bridgehead atoms. The molecule has 0 fully saturated rings. The van der Waals surface area contributed by atoms with Crippen LogP contribution in [-0.4, -0.2) is 28.9 Å². The number of nitrogens with zero attached hydrogens (tertiary/aromatic N) is 2. The fourth-order valence-electron chi connectivity index (χ4n) is 3.12. The fraction of sp³-hybridized carbons (Fsp3) is 0.190. The molecule has 2 aromatic heterocycles. The monoisotopic (exact) mass is 394 g/mol. The molecule has 4 rings (SSSR count). The predicted octanol–water partition coefficient (Wildman–Crippen LogP) is 4.34. The number of aromatic nitrogens is 3. The highest BCUT2D eigenvalue weighted by Gasteiger charge is 2.12. The van der Waals surface area contributed by atoms with Gasteiger partial charge >= 0.3 is 0 Å². The summed E-state index contributed by atoms with van der Waals surface area (Å²) in [6, 6.07) is 14.2. The summed E-state index contributed by atoms with van der Waals surface area (Å²) in [6.45, 7) is 3.75. The van der Waals surface area contributed by atoms with Crippen LogP contribution in [0.5, 0.6) is 0 Å². The average Bonchev–Trinajstić information content (AvgIpc) is 3.35. The van der Waals surface area contributed by atoms with Gasteiger partial charge in [-0.05, 0) is 48.7 Å². The summed E-state index contributed by atoms with van der Waals surface area (Å²) in [5.74, 6) is 0.0307. The maximum absolute atomic E-state index is 11.9. The fourth-order valence-corrected chi connectivity index (χ4v) is 3.77. The third-order valence-corrected chi connectivity index (χ3v) is 6.14. The van der Waals surface area contributed by atoms with Crippen molar-refractivity contribution in [3.63, 3.8) is 0 Å². The second-order valence-corrected chi connectivity index (χ2v) is 8.67. The minimum atomic E-state index is -3.34. The highest BCUT2D eigenvalue weighted by Crippen LogP contribution is 2.30. The van der Waals surface area contributed by atoms with Crippen molar-refractivity contribution in [2.45, 2.75) is 20.3 Å². The number of sulfonamides is 1. The summed E-state index contributed by atoms with van der Waals surface area (Å²) in [5.41, 5.74) is 5.66. The Morgan fingerprint density at radius 3 is 2.57 bits per heavy atom. The van der Waals surface area contributed by atoms with Crippen LogP contribution in [0.15, 0.2) is 61.1 Å². The van der Waals surface area contributed by atoms with Crippen molar-refractivity contribution < 1.29 is 8.42 Å². The van der Waals surface area contributed by atoms with Crippen molar-refractivity contribution in [3.05, 3.63) is 66.6 Å². The van der Waals surface area contributed by atoms with E-state index in [9.17, 15) is 8.42 Å². The van der Waals surface area contributed by atoms with Gasteiger partial charge in [-0.3, -0.25) is 4.72 Å². The molecule has 0 atom stereocenters. The summed E-state index contributed by atoms with van der Waals surface area (Å²) < 4.78 is 28.3. The van der Waals surface area contributed by atoms with E-state index >= 15 is 0 Å². The molecule has 0 aliphatic rings. The number of aromatic amines is 1. The molecule has 0 amide bonds. The topological polar surface area (TPSA) is 79.8 Å². The predicted molar refractivity (Wildman–Crippen MR) is 113 cm³/mol. The molecule has 0 radical (unpaired) electrons. The highest BCUT2D eigenvalue weighted by molar-refractivity contribution is 7.92. The van der Waals surface area contributed by atoms with E-state index in [-0.39, 0.29) is 5.75 Å². The van der Waals surface area contributed by atoms with Gasteiger partial charge in [0.25, 0.3) is 0 Å². The number of hydrogen-bond donors (Lipinski definition) is 2. The number of aryl methyl sites for hydroxylation is 1. The smallest absolute Gasteiger partial charge is 0.232 e. The zero-order valence-electron chi connectivity index (χ0n) is 15.8. The van der Waals surface area contributed by atoms with Gasteiger partial charge in [-0.15, -0.1) is 0 Å². The molecule has 0 saturated carbocycles. The lowest BCUT2D eigenvalue weighted by atomic mass is 10.1. The van der Waals surface area contributed by atoms with E-state index in [2.05, 4.69) is 46.0 Å². The quantitative estimate of drug-likeness (QED) is 0.510. The maximum atomic E-state index is 11.9. The van der Waals surface area contributed by atoms with E-state index in [0.717, 1.165) is 34.1 Å². The lowest BCUT2D eigenvalue weighted by Gasteiger charge is -2.05. The molecule has 0 spiro atoms. The minimum Gasteiger partial charge on any atom is -0.359 e. The van der Waals surface area contributed by atoms with Crippen LogP contribution >= 0.6 is 0 Å². The third kappa shape index (κ3) is 3.53. The molecule has 2 N–H and O–H groups in total. The summed E-state index contributed by atoms with van der Waals surface area (Å²) in [7, 11) is -3.34. The molecule has 0 saturated heterocycles. The van der Waals surface area contributed by atoms with Crippen LogP contribution < -0.4 is 4.72 Å². The van der Waals surface area contributed by atoms with Crippen LogP contribution in [0.4, 0.5) is 5.69 Å². The van der Waals surface area contributed by atoms with Gasteiger partial charge in [-0.25, -0.2) is 13.1 Å². The number of fused-ring (bicyclic) bond motifs is 1. The average molecular weight is 395 g/mol. The van der Waals surface area contributed by atoms with Crippen LogP contribution in [-0.2, 0) is 16.4 Å². The lowest BCUT2D eigenvalue weighted by Crippen LogP contribution is -2.14. The van der Waals surface area contributed by atoms with E-state index in [1.807, 2.05) is 35.3 Å². The molecular weight excluding hydrogens is 372 g/mol. The van der Waals surface area contributed by atoms with Gasteiger partial charge in [0, 0.05) is 28.9 Å². The van der Waals surface area contributed by atoms with E-state index in [1.54, 1.807) is 13.1 Å². The zero-order chi connectivity index (χ0) is 19.7. The van der Waals surface area contributed by atoms with E-state index in [0.29, 0.717) is 5.69 Å². The van der Waals surface area contributed by atoms with Gasteiger partial charge < -0.3 is 4.98 Å². The SMILES string of the molecule is CCc1ccc(-n2cc(-c3ccc4[nH]cc(NS(=O)(=O)CC)c4c3)cn2)cc1. The molecular formula is C21H22N4O2S. The molecule has 4 aromatic rings. The first kappa shape index (κ1) is 18.3. The minimum absolute atomic E-state index is 0.0307. The van der Waals surface area contributed by atoms with Crippen molar-refractivity contribution >= 4 is 26.6 Å². The maximum Gasteiger partial charge on any atom is 0.232 e. The molecule has 2 aromatic carbocycles. The Labute approximate surface area is 164 Å². The first-order valence-electron chi connectivity index (χ1n) is 9.25. The molecule has 7 heteroatoms. The number of rotatable bonds is 6. The van der Waals surface area contributed by atoms with Gasteiger partial charge in [0.05, 0.1) is 23.3 Å².